The number of hydrogen-bond donors (Lipinski definition) is 0. The van der Waals surface area contributed by atoms with Crippen molar-refractivity contribution < 1.29 is 40.3 Å². The van der Waals surface area contributed by atoms with Crippen molar-refractivity contribution in [3.05, 3.63) is 75.7 Å². The normalized spacial score (nSPS) is 14.4. The van der Waals surface area contributed by atoms with E-state index < -0.39 is 41.7 Å². The summed E-state index contributed by atoms with van der Waals surface area (Å²) in [6.07, 6.45) is -8.87. The predicted octanol–water partition coefficient (Wildman–Crippen LogP) is 6.08. The van der Waals surface area contributed by atoms with E-state index in [1.54, 1.807) is 4.90 Å². The average Bonchev–Trinajstić information content (AvgIpc) is 2.87. The van der Waals surface area contributed by atoms with Gasteiger partial charge in [-0.25, -0.2) is 14.4 Å². The minimum absolute atomic E-state index is 0.0121. The van der Waals surface area contributed by atoms with Crippen LogP contribution in [0.3, 0.4) is 0 Å². The molecule has 0 N–H and O–H groups in total. The van der Waals surface area contributed by atoms with E-state index in [2.05, 4.69) is 9.97 Å². The topological polar surface area (TPSA) is 58.6 Å². The van der Waals surface area contributed by atoms with Gasteiger partial charge >= 0.3 is 12.4 Å². The Morgan fingerprint density at radius 3 is 2.21 bits per heavy atom. The minimum Gasteiger partial charge on any atom is -0.378 e. The molecule has 1 amide bonds. The van der Waals surface area contributed by atoms with E-state index in [1.807, 2.05) is 0 Å². The van der Waals surface area contributed by atoms with Gasteiger partial charge in [0.25, 0.3) is 5.91 Å². The largest absolute Gasteiger partial charge is 0.416 e. The average molecular weight is 577 g/mol. The molecule has 1 fully saturated rings. The zero-order valence-electron chi connectivity index (χ0n) is 20.2. The van der Waals surface area contributed by atoms with E-state index in [0.29, 0.717) is 38.4 Å². The van der Waals surface area contributed by atoms with Crippen LogP contribution in [0.1, 0.15) is 27.0 Å². The second-order valence-electron chi connectivity index (χ2n) is 8.73. The first-order valence-corrected chi connectivity index (χ1v) is 11.8. The molecule has 0 bridgehead atoms. The Labute approximate surface area is 223 Å². The molecule has 2 heterocycles. The number of carbonyl (C=O) groups excluding carboxylic acids is 1. The molecule has 208 valence electrons. The molecular formula is C25H20ClF7N4O2. The summed E-state index contributed by atoms with van der Waals surface area (Å²) in [6, 6.07) is 4.55. The standard InChI is InChI=1S/C25H20ClF7N4O2/c1-36(13-14-8-15(24(28,29)30)10-16(9-14)25(31,32)33)22(38)19-12-34-23(37-4-6-39-7-5-37)35-21(19)18-3-2-17(27)11-20(18)26/h2-3,8-12H,4-7,13H2,1H3. The maximum absolute atomic E-state index is 13.7. The summed E-state index contributed by atoms with van der Waals surface area (Å²) >= 11 is 6.24. The molecule has 6 nitrogen and oxygen atoms in total. The fourth-order valence-electron chi connectivity index (χ4n) is 3.99. The van der Waals surface area contributed by atoms with E-state index in [1.165, 1.54) is 19.3 Å². The molecule has 1 saturated heterocycles. The molecule has 0 saturated carbocycles. The zero-order chi connectivity index (χ0) is 28.5. The lowest BCUT2D eigenvalue weighted by atomic mass is 10.0. The van der Waals surface area contributed by atoms with Crippen LogP contribution < -0.4 is 4.90 Å². The molecule has 1 aromatic heterocycles. The SMILES string of the molecule is CN(Cc1cc(C(F)(F)F)cc(C(F)(F)F)c1)C(=O)c1cnc(N2CCOCC2)nc1-c1ccc(F)cc1Cl. The van der Waals surface area contributed by atoms with Gasteiger partial charge in [0.05, 0.1) is 40.6 Å². The van der Waals surface area contributed by atoms with Crippen molar-refractivity contribution in [2.75, 3.05) is 38.3 Å². The number of hydrogen-bond acceptors (Lipinski definition) is 5. The zero-order valence-corrected chi connectivity index (χ0v) is 21.0. The second-order valence-corrected chi connectivity index (χ2v) is 9.14. The van der Waals surface area contributed by atoms with Crippen LogP contribution in [0.4, 0.5) is 36.7 Å². The summed E-state index contributed by atoms with van der Waals surface area (Å²) in [5.41, 5.74) is -3.31. The summed E-state index contributed by atoms with van der Waals surface area (Å²) in [7, 11) is 1.21. The molecule has 0 atom stereocenters. The van der Waals surface area contributed by atoms with E-state index >= 15 is 0 Å². The van der Waals surface area contributed by atoms with Gasteiger partial charge in [0.15, 0.2) is 0 Å². The molecule has 0 radical (unpaired) electrons. The number of anilines is 1. The molecule has 0 unspecified atom stereocenters. The van der Waals surface area contributed by atoms with Crippen molar-refractivity contribution in [3.63, 3.8) is 0 Å². The number of halogens is 8. The number of rotatable bonds is 5. The van der Waals surface area contributed by atoms with Gasteiger partial charge in [-0.3, -0.25) is 4.79 Å². The van der Waals surface area contributed by atoms with Gasteiger partial charge in [0.1, 0.15) is 5.82 Å². The van der Waals surface area contributed by atoms with Gasteiger partial charge in [0.2, 0.25) is 5.95 Å². The quantitative estimate of drug-likeness (QED) is 0.345. The van der Waals surface area contributed by atoms with Crippen LogP contribution in [0.25, 0.3) is 11.3 Å². The first kappa shape index (κ1) is 28.6. The highest BCUT2D eigenvalue weighted by Gasteiger charge is 2.37. The highest BCUT2D eigenvalue weighted by Crippen LogP contribution is 2.37. The van der Waals surface area contributed by atoms with Gasteiger partial charge in [-0.2, -0.15) is 26.3 Å². The first-order valence-electron chi connectivity index (χ1n) is 11.4. The monoisotopic (exact) mass is 576 g/mol. The number of aromatic nitrogens is 2. The molecule has 14 heteroatoms. The molecular weight excluding hydrogens is 557 g/mol. The van der Waals surface area contributed by atoms with Crippen LogP contribution in [0, 0.1) is 5.82 Å². The number of carbonyl (C=O) groups is 1. The Bertz CT molecular complexity index is 1340. The Kier molecular flexibility index (Phi) is 8.03. The summed E-state index contributed by atoms with van der Waals surface area (Å²) in [5.74, 6) is -1.20. The fourth-order valence-corrected chi connectivity index (χ4v) is 4.25. The smallest absolute Gasteiger partial charge is 0.378 e. The second kappa shape index (κ2) is 11.0. The number of morpholine rings is 1. The Morgan fingerprint density at radius 1 is 1.03 bits per heavy atom. The van der Waals surface area contributed by atoms with Crippen molar-refractivity contribution in [1.82, 2.24) is 14.9 Å². The van der Waals surface area contributed by atoms with Crippen molar-refractivity contribution in [2.45, 2.75) is 18.9 Å². The third-order valence-corrected chi connectivity index (χ3v) is 6.21. The molecule has 0 aliphatic carbocycles. The maximum Gasteiger partial charge on any atom is 0.416 e. The number of amides is 1. The summed E-state index contributed by atoms with van der Waals surface area (Å²) in [6.45, 7) is 1.15. The molecule has 0 spiro atoms. The van der Waals surface area contributed by atoms with Crippen molar-refractivity contribution >= 4 is 23.5 Å². The molecule has 1 aliphatic heterocycles. The van der Waals surface area contributed by atoms with Gasteiger partial charge in [-0.15, -0.1) is 0 Å². The van der Waals surface area contributed by atoms with Gasteiger partial charge in [-0.1, -0.05) is 11.6 Å². The Hall–Kier alpha value is -3.45. The number of alkyl halides is 6. The minimum atomic E-state index is -5.03. The van der Waals surface area contributed by atoms with Crippen LogP contribution in [0.15, 0.2) is 42.6 Å². The maximum atomic E-state index is 13.7. The van der Waals surface area contributed by atoms with Crippen molar-refractivity contribution in [2.24, 2.45) is 0 Å². The van der Waals surface area contributed by atoms with Crippen LogP contribution in [-0.4, -0.2) is 54.1 Å². The van der Waals surface area contributed by atoms with E-state index in [0.717, 1.165) is 17.0 Å². The van der Waals surface area contributed by atoms with Crippen LogP contribution in [0.2, 0.25) is 5.02 Å². The van der Waals surface area contributed by atoms with Gasteiger partial charge in [0, 0.05) is 38.4 Å². The fraction of sp³-hybridized carbons (Fsp3) is 0.320. The van der Waals surface area contributed by atoms with Crippen molar-refractivity contribution in [1.29, 1.82) is 0 Å². The third kappa shape index (κ3) is 6.59. The first-order chi connectivity index (χ1) is 18.2. The van der Waals surface area contributed by atoms with Crippen LogP contribution in [0.5, 0.6) is 0 Å². The number of nitrogens with zero attached hydrogens (tertiary/aromatic N) is 4. The Morgan fingerprint density at radius 2 is 1.64 bits per heavy atom. The summed E-state index contributed by atoms with van der Waals surface area (Å²) in [4.78, 5) is 24.9. The number of benzene rings is 2. The third-order valence-electron chi connectivity index (χ3n) is 5.90. The molecule has 1 aliphatic rings. The Balaban J connectivity index is 1.72. The molecule has 39 heavy (non-hydrogen) atoms. The lowest BCUT2D eigenvalue weighted by Crippen LogP contribution is -2.37. The summed E-state index contributed by atoms with van der Waals surface area (Å²) in [5, 5.41) is -0.0639. The lowest BCUT2D eigenvalue weighted by molar-refractivity contribution is -0.143. The van der Waals surface area contributed by atoms with Crippen LogP contribution >= 0.6 is 11.6 Å². The highest BCUT2D eigenvalue weighted by molar-refractivity contribution is 6.33. The molecule has 4 rings (SSSR count). The van der Waals surface area contributed by atoms with Crippen LogP contribution in [-0.2, 0) is 23.6 Å². The van der Waals surface area contributed by atoms with E-state index in [9.17, 15) is 35.5 Å². The van der Waals surface area contributed by atoms with Gasteiger partial charge < -0.3 is 14.5 Å². The predicted molar refractivity (Wildman–Crippen MR) is 128 cm³/mol. The summed E-state index contributed by atoms with van der Waals surface area (Å²) < 4.78 is 98.7. The van der Waals surface area contributed by atoms with Crippen molar-refractivity contribution in [3.8, 4) is 11.3 Å². The van der Waals surface area contributed by atoms with E-state index in [-0.39, 0.29) is 39.4 Å². The number of ether oxygens (including phenoxy) is 1. The van der Waals surface area contributed by atoms with E-state index in [4.69, 9.17) is 16.3 Å². The highest BCUT2D eigenvalue weighted by atomic mass is 35.5. The van der Waals surface area contributed by atoms with Gasteiger partial charge in [-0.05, 0) is 42.0 Å². The molecule has 3 aromatic rings. The lowest BCUT2D eigenvalue weighted by Gasteiger charge is -2.27. The molecule has 2 aromatic carbocycles.